The summed E-state index contributed by atoms with van der Waals surface area (Å²) in [4.78, 5) is 12.2. The van der Waals surface area contributed by atoms with Crippen molar-refractivity contribution in [1.29, 1.82) is 0 Å². The smallest absolute Gasteiger partial charge is 0.166 e. The Morgan fingerprint density at radius 2 is 2.28 bits per heavy atom. The number of carbonyl (C=O) groups is 1. The number of benzene rings is 1. The molecule has 1 aliphatic rings. The quantitative estimate of drug-likeness (QED) is 0.726. The molecule has 1 aliphatic heterocycles. The molecule has 1 saturated heterocycles. The second-order valence-electron chi connectivity index (χ2n) is 4.70. The van der Waals surface area contributed by atoms with Crippen LogP contribution in [0.15, 0.2) is 24.3 Å². The molecule has 1 aromatic rings. The largest absolute Gasteiger partial charge is 0.493 e. The summed E-state index contributed by atoms with van der Waals surface area (Å²) in [6.45, 7) is 4.20. The summed E-state index contributed by atoms with van der Waals surface area (Å²) in [6.07, 6.45) is 2.50. The van der Waals surface area contributed by atoms with Crippen molar-refractivity contribution in [3.63, 3.8) is 0 Å². The molecule has 1 atom stereocenters. The van der Waals surface area contributed by atoms with E-state index in [9.17, 15) is 4.79 Å². The minimum Gasteiger partial charge on any atom is -0.493 e. The summed E-state index contributed by atoms with van der Waals surface area (Å²) in [6, 6.07) is 7.51. The first-order valence-electron chi connectivity index (χ1n) is 6.64. The Morgan fingerprint density at radius 3 is 3.00 bits per heavy atom. The summed E-state index contributed by atoms with van der Waals surface area (Å²) in [5, 5.41) is 0. The van der Waals surface area contributed by atoms with E-state index in [-0.39, 0.29) is 5.78 Å². The van der Waals surface area contributed by atoms with Gasteiger partial charge in [-0.3, -0.25) is 4.79 Å². The standard InChI is InChI=1S/C15H20O3/c1-2-8-18-15-6-4-3-5-13(15)14(16)10-12-7-9-17-11-12/h3-6,12H,2,7-11H2,1H3. The van der Waals surface area contributed by atoms with Crippen molar-refractivity contribution in [3.8, 4) is 5.75 Å². The molecule has 0 radical (unpaired) electrons. The Kier molecular flexibility index (Phi) is 4.76. The maximum atomic E-state index is 12.2. The third-order valence-electron chi connectivity index (χ3n) is 3.15. The van der Waals surface area contributed by atoms with Crippen molar-refractivity contribution in [3.05, 3.63) is 29.8 Å². The van der Waals surface area contributed by atoms with Crippen molar-refractivity contribution >= 4 is 5.78 Å². The van der Waals surface area contributed by atoms with Gasteiger partial charge in [-0.15, -0.1) is 0 Å². The number of ether oxygens (including phenoxy) is 2. The monoisotopic (exact) mass is 248 g/mol. The topological polar surface area (TPSA) is 35.5 Å². The first-order valence-corrected chi connectivity index (χ1v) is 6.64. The molecule has 1 aromatic carbocycles. The van der Waals surface area contributed by atoms with E-state index in [0.29, 0.717) is 36.9 Å². The van der Waals surface area contributed by atoms with E-state index in [1.807, 2.05) is 24.3 Å². The minimum absolute atomic E-state index is 0.164. The molecule has 1 heterocycles. The molecule has 18 heavy (non-hydrogen) atoms. The molecule has 1 unspecified atom stereocenters. The first-order chi connectivity index (χ1) is 8.81. The van der Waals surface area contributed by atoms with Crippen molar-refractivity contribution < 1.29 is 14.3 Å². The molecule has 3 heteroatoms. The lowest BCUT2D eigenvalue weighted by Gasteiger charge is -2.11. The van der Waals surface area contributed by atoms with Gasteiger partial charge in [-0.2, -0.15) is 0 Å². The van der Waals surface area contributed by atoms with Crippen molar-refractivity contribution in [1.82, 2.24) is 0 Å². The molecule has 0 bridgehead atoms. The van der Waals surface area contributed by atoms with E-state index < -0.39 is 0 Å². The van der Waals surface area contributed by atoms with Gasteiger partial charge < -0.3 is 9.47 Å². The highest BCUT2D eigenvalue weighted by Crippen LogP contribution is 2.24. The van der Waals surface area contributed by atoms with Crippen LogP contribution in [0.1, 0.15) is 36.5 Å². The zero-order chi connectivity index (χ0) is 12.8. The van der Waals surface area contributed by atoms with E-state index in [1.54, 1.807) is 0 Å². The predicted molar refractivity (Wildman–Crippen MR) is 70.1 cm³/mol. The Bertz CT molecular complexity index is 394. The SMILES string of the molecule is CCCOc1ccccc1C(=O)CC1CCOC1. The summed E-state index contributed by atoms with van der Waals surface area (Å²) < 4.78 is 10.9. The lowest BCUT2D eigenvalue weighted by Crippen LogP contribution is -2.10. The lowest BCUT2D eigenvalue weighted by molar-refractivity contribution is 0.0948. The van der Waals surface area contributed by atoms with Gasteiger partial charge in [-0.05, 0) is 30.9 Å². The zero-order valence-corrected chi connectivity index (χ0v) is 10.9. The Labute approximate surface area is 108 Å². The van der Waals surface area contributed by atoms with Crippen LogP contribution < -0.4 is 4.74 Å². The van der Waals surface area contributed by atoms with E-state index in [2.05, 4.69) is 6.92 Å². The van der Waals surface area contributed by atoms with E-state index in [0.717, 1.165) is 19.4 Å². The fourth-order valence-corrected chi connectivity index (χ4v) is 2.15. The van der Waals surface area contributed by atoms with Crippen molar-refractivity contribution in [2.24, 2.45) is 5.92 Å². The summed E-state index contributed by atoms with van der Waals surface area (Å²) in [5.74, 6) is 1.25. The molecule has 0 spiro atoms. The number of ketones is 1. The van der Waals surface area contributed by atoms with Crippen LogP contribution in [0.25, 0.3) is 0 Å². The summed E-state index contributed by atoms with van der Waals surface area (Å²) >= 11 is 0. The van der Waals surface area contributed by atoms with Crippen LogP contribution in [0.4, 0.5) is 0 Å². The molecule has 0 amide bonds. The van der Waals surface area contributed by atoms with Gasteiger partial charge in [0.2, 0.25) is 0 Å². The molecule has 2 rings (SSSR count). The van der Waals surface area contributed by atoms with Crippen molar-refractivity contribution in [2.45, 2.75) is 26.2 Å². The van der Waals surface area contributed by atoms with Gasteiger partial charge in [-0.25, -0.2) is 0 Å². The number of hydrogen-bond donors (Lipinski definition) is 0. The maximum Gasteiger partial charge on any atom is 0.166 e. The van der Waals surface area contributed by atoms with Gasteiger partial charge in [0.15, 0.2) is 5.78 Å². The van der Waals surface area contributed by atoms with E-state index in [1.165, 1.54) is 0 Å². The summed E-state index contributed by atoms with van der Waals surface area (Å²) in [7, 11) is 0. The number of rotatable bonds is 6. The third kappa shape index (κ3) is 3.33. The van der Waals surface area contributed by atoms with Crippen LogP contribution in [-0.4, -0.2) is 25.6 Å². The highest BCUT2D eigenvalue weighted by molar-refractivity contribution is 5.98. The highest BCUT2D eigenvalue weighted by atomic mass is 16.5. The molecular formula is C15H20O3. The second kappa shape index (κ2) is 6.55. The van der Waals surface area contributed by atoms with Crippen LogP contribution in [0.3, 0.4) is 0 Å². The van der Waals surface area contributed by atoms with E-state index >= 15 is 0 Å². The normalized spacial score (nSPS) is 18.8. The number of hydrogen-bond acceptors (Lipinski definition) is 3. The van der Waals surface area contributed by atoms with Crippen LogP contribution in [0, 0.1) is 5.92 Å². The van der Waals surface area contributed by atoms with Crippen LogP contribution >= 0.6 is 0 Å². The lowest BCUT2D eigenvalue weighted by atomic mass is 9.97. The molecule has 0 aromatic heterocycles. The Morgan fingerprint density at radius 1 is 1.44 bits per heavy atom. The number of para-hydroxylation sites is 1. The highest BCUT2D eigenvalue weighted by Gasteiger charge is 2.21. The maximum absolute atomic E-state index is 12.2. The molecule has 0 N–H and O–H groups in total. The average Bonchev–Trinajstić information content (AvgIpc) is 2.89. The van der Waals surface area contributed by atoms with Crippen LogP contribution in [0.2, 0.25) is 0 Å². The fourth-order valence-electron chi connectivity index (χ4n) is 2.15. The molecule has 3 nitrogen and oxygen atoms in total. The summed E-state index contributed by atoms with van der Waals surface area (Å²) in [5.41, 5.74) is 0.706. The number of Topliss-reactive ketones (excluding diaryl/α,β-unsaturated/α-hetero) is 1. The van der Waals surface area contributed by atoms with Gasteiger partial charge in [0.05, 0.1) is 12.2 Å². The van der Waals surface area contributed by atoms with Gasteiger partial charge in [0.1, 0.15) is 5.75 Å². The zero-order valence-electron chi connectivity index (χ0n) is 10.9. The Hall–Kier alpha value is -1.35. The third-order valence-corrected chi connectivity index (χ3v) is 3.15. The van der Waals surface area contributed by atoms with Crippen LogP contribution in [-0.2, 0) is 4.74 Å². The van der Waals surface area contributed by atoms with Gasteiger partial charge in [0, 0.05) is 19.6 Å². The molecular weight excluding hydrogens is 228 g/mol. The van der Waals surface area contributed by atoms with Crippen molar-refractivity contribution in [2.75, 3.05) is 19.8 Å². The fraction of sp³-hybridized carbons (Fsp3) is 0.533. The second-order valence-corrected chi connectivity index (χ2v) is 4.70. The predicted octanol–water partition coefficient (Wildman–Crippen LogP) is 3.08. The molecule has 98 valence electrons. The Balaban J connectivity index is 2.03. The molecule has 1 fully saturated rings. The molecule has 0 saturated carbocycles. The first kappa shape index (κ1) is 13.1. The number of carbonyl (C=O) groups excluding carboxylic acids is 1. The van der Waals surface area contributed by atoms with Gasteiger partial charge in [0.25, 0.3) is 0 Å². The van der Waals surface area contributed by atoms with Gasteiger partial charge in [-0.1, -0.05) is 19.1 Å². The molecule has 0 aliphatic carbocycles. The minimum atomic E-state index is 0.164. The van der Waals surface area contributed by atoms with Gasteiger partial charge >= 0.3 is 0 Å². The van der Waals surface area contributed by atoms with E-state index in [4.69, 9.17) is 9.47 Å². The average molecular weight is 248 g/mol. The van der Waals surface area contributed by atoms with Crippen LogP contribution in [0.5, 0.6) is 5.75 Å².